The Morgan fingerprint density at radius 3 is 2.36 bits per heavy atom. The molecule has 0 bridgehead atoms. The molecule has 0 radical (unpaired) electrons. The lowest BCUT2D eigenvalue weighted by atomic mass is 10.1. The summed E-state index contributed by atoms with van der Waals surface area (Å²) < 4.78 is 0.188. The second-order valence-electron chi connectivity index (χ2n) is 4.49. The fraction of sp³-hybridized carbons (Fsp3) is 0.143. The minimum absolute atomic E-state index is 0.143. The molecule has 0 aliphatic carbocycles. The molecule has 8 heteroatoms. The van der Waals surface area contributed by atoms with Crippen molar-refractivity contribution in [1.82, 2.24) is 4.90 Å². The molecule has 22 heavy (non-hydrogen) atoms. The second kappa shape index (κ2) is 6.29. The van der Waals surface area contributed by atoms with Crippen molar-refractivity contribution in [3.05, 3.63) is 40.3 Å². The van der Waals surface area contributed by atoms with Gasteiger partial charge in [0.25, 0.3) is 5.91 Å². The molecule has 1 heterocycles. The van der Waals surface area contributed by atoms with E-state index in [4.69, 9.17) is 22.4 Å². The standard InChI is InChI=1S/C14H11NO5S2/c1-7(12(17)18)15-11(16)10(22-14(15)21)6-8-2-4-9(5-3-8)13(19)20/h2-7H,1H3,(H,17,18)(H,19,20)/b10-6+/t7-/m1/s1. The number of aliphatic carboxylic acids is 1. The van der Waals surface area contributed by atoms with Crippen molar-refractivity contribution < 1.29 is 24.6 Å². The highest BCUT2D eigenvalue weighted by Crippen LogP contribution is 2.33. The molecule has 0 saturated carbocycles. The first kappa shape index (κ1) is 16.2. The van der Waals surface area contributed by atoms with E-state index in [0.717, 1.165) is 16.7 Å². The maximum Gasteiger partial charge on any atom is 0.335 e. The predicted octanol–water partition coefficient (Wildman–Crippen LogP) is 2.06. The highest BCUT2D eigenvalue weighted by Gasteiger charge is 2.38. The molecule has 1 aliphatic heterocycles. The van der Waals surface area contributed by atoms with Crippen molar-refractivity contribution in [1.29, 1.82) is 0 Å². The van der Waals surface area contributed by atoms with Gasteiger partial charge in [-0.2, -0.15) is 0 Å². The van der Waals surface area contributed by atoms with Crippen molar-refractivity contribution in [2.24, 2.45) is 0 Å². The lowest BCUT2D eigenvalue weighted by Crippen LogP contribution is -2.41. The lowest BCUT2D eigenvalue weighted by Gasteiger charge is -2.18. The smallest absolute Gasteiger partial charge is 0.335 e. The first-order chi connectivity index (χ1) is 10.3. The molecule has 6 nitrogen and oxygen atoms in total. The average Bonchev–Trinajstić information content (AvgIpc) is 2.73. The third-order valence-electron chi connectivity index (χ3n) is 3.02. The molecule has 1 aromatic rings. The summed E-state index contributed by atoms with van der Waals surface area (Å²) in [5.41, 5.74) is 0.776. The Kier molecular flexibility index (Phi) is 4.62. The van der Waals surface area contributed by atoms with E-state index in [1.807, 2.05) is 0 Å². The fourth-order valence-corrected chi connectivity index (χ4v) is 3.22. The van der Waals surface area contributed by atoms with Gasteiger partial charge in [-0.25, -0.2) is 9.59 Å². The van der Waals surface area contributed by atoms with Crippen LogP contribution in [0.2, 0.25) is 0 Å². The van der Waals surface area contributed by atoms with Crippen LogP contribution in [0.3, 0.4) is 0 Å². The van der Waals surface area contributed by atoms with Gasteiger partial charge in [0.15, 0.2) is 0 Å². The molecule has 1 aliphatic rings. The Labute approximate surface area is 135 Å². The Hall–Kier alpha value is -2.19. The number of carbonyl (C=O) groups is 3. The number of carboxylic acids is 2. The highest BCUT2D eigenvalue weighted by molar-refractivity contribution is 8.26. The predicted molar refractivity (Wildman–Crippen MR) is 85.5 cm³/mol. The Balaban J connectivity index is 2.26. The minimum atomic E-state index is -1.14. The molecule has 0 unspecified atom stereocenters. The van der Waals surface area contributed by atoms with E-state index in [9.17, 15) is 14.4 Å². The van der Waals surface area contributed by atoms with Crippen molar-refractivity contribution in [3.63, 3.8) is 0 Å². The molecular formula is C14H11NO5S2. The number of rotatable bonds is 4. The molecule has 0 aromatic heterocycles. The van der Waals surface area contributed by atoms with Gasteiger partial charge in [-0.3, -0.25) is 9.69 Å². The Morgan fingerprint density at radius 1 is 1.27 bits per heavy atom. The minimum Gasteiger partial charge on any atom is -0.480 e. The molecule has 0 spiro atoms. The molecule has 114 valence electrons. The Bertz CT molecular complexity index is 696. The van der Waals surface area contributed by atoms with E-state index in [0.29, 0.717) is 10.5 Å². The number of aromatic carboxylic acids is 1. The number of thioether (sulfide) groups is 1. The van der Waals surface area contributed by atoms with E-state index >= 15 is 0 Å². The number of hydrogen-bond acceptors (Lipinski definition) is 5. The molecule has 1 saturated heterocycles. The molecular weight excluding hydrogens is 326 g/mol. The summed E-state index contributed by atoms with van der Waals surface area (Å²) in [7, 11) is 0. The zero-order chi connectivity index (χ0) is 16.4. The highest BCUT2D eigenvalue weighted by atomic mass is 32.2. The van der Waals surface area contributed by atoms with E-state index in [1.165, 1.54) is 19.1 Å². The van der Waals surface area contributed by atoms with E-state index < -0.39 is 23.9 Å². The molecule has 1 aromatic carbocycles. The van der Waals surface area contributed by atoms with Gasteiger partial charge in [-0.05, 0) is 30.7 Å². The topological polar surface area (TPSA) is 94.9 Å². The number of amides is 1. The fourth-order valence-electron chi connectivity index (χ4n) is 1.80. The van der Waals surface area contributed by atoms with Gasteiger partial charge < -0.3 is 10.2 Å². The van der Waals surface area contributed by atoms with E-state index in [-0.39, 0.29) is 9.88 Å². The van der Waals surface area contributed by atoms with Crippen LogP contribution in [0.25, 0.3) is 6.08 Å². The molecule has 1 fully saturated rings. The summed E-state index contributed by atoms with van der Waals surface area (Å²) in [5, 5.41) is 17.8. The van der Waals surface area contributed by atoms with Crippen molar-refractivity contribution >= 4 is 52.2 Å². The van der Waals surface area contributed by atoms with Crippen LogP contribution in [0, 0.1) is 0 Å². The summed E-state index contributed by atoms with van der Waals surface area (Å²) >= 11 is 6.07. The largest absolute Gasteiger partial charge is 0.480 e. The molecule has 1 atom stereocenters. The molecule has 2 rings (SSSR count). The van der Waals surface area contributed by atoms with Gasteiger partial charge in [0.1, 0.15) is 10.4 Å². The number of benzene rings is 1. The summed E-state index contributed by atoms with van der Waals surface area (Å²) in [4.78, 5) is 35.4. The van der Waals surface area contributed by atoms with Gasteiger partial charge in [-0.15, -0.1) is 0 Å². The van der Waals surface area contributed by atoms with Gasteiger partial charge in [0, 0.05) is 0 Å². The van der Waals surface area contributed by atoms with Crippen LogP contribution in [0.5, 0.6) is 0 Å². The average molecular weight is 337 g/mol. The quantitative estimate of drug-likeness (QED) is 0.641. The van der Waals surface area contributed by atoms with Crippen LogP contribution < -0.4 is 0 Å². The summed E-state index contributed by atoms with van der Waals surface area (Å²) in [6.45, 7) is 1.39. The third kappa shape index (κ3) is 3.18. The summed E-state index contributed by atoms with van der Waals surface area (Å²) in [5.74, 6) is -2.64. The van der Waals surface area contributed by atoms with Crippen LogP contribution in [-0.4, -0.2) is 43.3 Å². The van der Waals surface area contributed by atoms with Gasteiger partial charge >= 0.3 is 11.9 Å². The summed E-state index contributed by atoms with van der Waals surface area (Å²) in [6.07, 6.45) is 1.56. The Morgan fingerprint density at radius 2 is 1.86 bits per heavy atom. The van der Waals surface area contributed by atoms with E-state index in [1.54, 1.807) is 18.2 Å². The van der Waals surface area contributed by atoms with Crippen LogP contribution >= 0.6 is 24.0 Å². The number of nitrogens with zero attached hydrogens (tertiary/aromatic N) is 1. The SMILES string of the molecule is C[C@H](C(=O)O)N1C(=O)/C(=C\c2ccc(C(=O)O)cc2)SC1=S. The first-order valence-corrected chi connectivity index (χ1v) is 7.37. The number of carboxylic acid groups (broad SMARTS) is 2. The zero-order valence-corrected chi connectivity index (χ0v) is 13.0. The molecule has 1 amide bonds. The van der Waals surface area contributed by atoms with Gasteiger partial charge in [-0.1, -0.05) is 36.1 Å². The van der Waals surface area contributed by atoms with Crippen molar-refractivity contribution in [2.45, 2.75) is 13.0 Å². The lowest BCUT2D eigenvalue weighted by molar-refractivity contribution is -0.144. The van der Waals surface area contributed by atoms with Crippen molar-refractivity contribution in [2.75, 3.05) is 0 Å². The van der Waals surface area contributed by atoms with Crippen LogP contribution in [0.15, 0.2) is 29.2 Å². The number of hydrogen-bond donors (Lipinski definition) is 2. The van der Waals surface area contributed by atoms with Crippen LogP contribution in [0.1, 0.15) is 22.8 Å². The first-order valence-electron chi connectivity index (χ1n) is 6.14. The van der Waals surface area contributed by atoms with Gasteiger partial charge in [0.05, 0.1) is 10.5 Å². The summed E-state index contributed by atoms with van der Waals surface area (Å²) in [6, 6.07) is 4.95. The maximum absolute atomic E-state index is 12.2. The molecule has 2 N–H and O–H groups in total. The van der Waals surface area contributed by atoms with Crippen LogP contribution in [0.4, 0.5) is 0 Å². The maximum atomic E-state index is 12.2. The van der Waals surface area contributed by atoms with Crippen LogP contribution in [-0.2, 0) is 9.59 Å². The number of thiocarbonyl (C=S) groups is 1. The monoisotopic (exact) mass is 337 g/mol. The zero-order valence-electron chi connectivity index (χ0n) is 11.3. The second-order valence-corrected chi connectivity index (χ2v) is 6.17. The van der Waals surface area contributed by atoms with Gasteiger partial charge in [0.2, 0.25) is 0 Å². The van der Waals surface area contributed by atoms with Crippen molar-refractivity contribution in [3.8, 4) is 0 Å². The number of carbonyl (C=O) groups excluding carboxylic acids is 1. The normalized spacial score (nSPS) is 17.9. The van der Waals surface area contributed by atoms with E-state index in [2.05, 4.69) is 0 Å². The third-order valence-corrected chi connectivity index (χ3v) is 4.35.